The van der Waals surface area contributed by atoms with Gasteiger partial charge in [-0.05, 0) is 12.5 Å². The highest BCUT2D eigenvalue weighted by Crippen LogP contribution is 2.28. The maximum absolute atomic E-state index is 13.5. The van der Waals surface area contributed by atoms with E-state index in [0.717, 1.165) is 0 Å². The van der Waals surface area contributed by atoms with Gasteiger partial charge in [0.1, 0.15) is 0 Å². The molecule has 0 aliphatic carbocycles. The fourth-order valence-corrected chi connectivity index (χ4v) is 1.25. The molecule has 0 aromatic heterocycles. The third-order valence-electron chi connectivity index (χ3n) is 1.95. The van der Waals surface area contributed by atoms with Crippen LogP contribution in [0.25, 0.3) is 0 Å². The highest BCUT2D eigenvalue weighted by molar-refractivity contribution is 5.46. The minimum Gasteiger partial charge on any atom is -0.494 e. The van der Waals surface area contributed by atoms with Crippen LogP contribution in [0, 0.1) is 15.9 Å². The molecule has 0 atom stereocenters. The second kappa shape index (κ2) is 4.04. The van der Waals surface area contributed by atoms with Crippen molar-refractivity contribution in [2.75, 3.05) is 7.11 Å². The van der Waals surface area contributed by atoms with Gasteiger partial charge < -0.3 is 4.74 Å². The van der Waals surface area contributed by atoms with Crippen LogP contribution < -0.4 is 4.74 Å². The van der Waals surface area contributed by atoms with Crippen molar-refractivity contribution in [3.8, 4) is 5.75 Å². The topological polar surface area (TPSA) is 52.4 Å². The summed E-state index contributed by atoms with van der Waals surface area (Å²) in [6.07, 6.45) is 0.263. The Morgan fingerprint density at radius 3 is 2.64 bits per heavy atom. The third kappa shape index (κ3) is 1.66. The van der Waals surface area contributed by atoms with Crippen molar-refractivity contribution in [2.45, 2.75) is 13.3 Å². The SMILES string of the molecule is CCc1c([N+](=O)[O-])ccc(OC)c1F. The largest absolute Gasteiger partial charge is 0.494 e. The molecule has 1 aromatic carbocycles. The van der Waals surface area contributed by atoms with Gasteiger partial charge in [0.05, 0.1) is 17.6 Å². The lowest BCUT2D eigenvalue weighted by Crippen LogP contribution is -2.00. The first-order valence-corrected chi connectivity index (χ1v) is 4.11. The van der Waals surface area contributed by atoms with E-state index in [1.165, 1.54) is 19.2 Å². The van der Waals surface area contributed by atoms with Crippen LogP contribution in [-0.4, -0.2) is 12.0 Å². The monoisotopic (exact) mass is 199 g/mol. The summed E-state index contributed by atoms with van der Waals surface area (Å²) in [7, 11) is 1.32. The van der Waals surface area contributed by atoms with Gasteiger partial charge in [0, 0.05) is 6.07 Å². The Bertz CT molecular complexity index is 365. The summed E-state index contributed by atoms with van der Waals surface area (Å²) in [5.41, 5.74) is -0.125. The number of hydrogen-bond donors (Lipinski definition) is 0. The zero-order valence-electron chi connectivity index (χ0n) is 7.91. The molecule has 0 amide bonds. The molecule has 1 aromatic rings. The maximum Gasteiger partial charge on any atom is 0.275 e. The minimum atomic E-state index is -0.649. The summed E-state index contributed by atoms with van der Waals surface area (Å²) in [5, 5.41) is 10.5. The summed E-state index contributed by atoms with van der Waals surface area (Å²) in [6.45, 7) is 1.66. The van der Waals surface area contributed by atoms with Gasteiger partial charge in [0.15, 0.2) is 11.6 Å². The fourth-order valence-electron chi connectivity index (χ4n) is 1.25. The third-order valence-corrected chi connectivity index (χ3v) is 1.95. The zero-order valence-corrected chi connectivity index (χ0v) is 7.91. The molecule has 5 heteroatoms. The van der Waals surface area contributed by atoms with Gasteiger partial charge in [-0.1, -0.05) is 6.92 Å². The molecule has 0 spiro atoms. The van der Waals surface area contributed by atoms with E-state index in [1.54, 1.807) is 6.92 Å². The van der Waals surface area contributed by atoms with Crippen LogP contribution in [0.1, 0.15) is 12.5 Å². The zero-order chi connectivity index (χ0) is 10.7. The van der Waals surface area contributed by atoms with E-state index in [0.29, 0.717) is 0 Å². The molecular formula is C9H10FNO3. The normalized spacial score (nSPS) is 9.93. The summed E-state index contributed by atoms with van der Waals surface area (Å²) in [6, 6.07) is 2.51. The Balaban J connectivity index is 3.35. The maximum atomic E-state index is 13.5. The number of nitro benzene ring substituents is 1. The smallest absolute Gasteiger partial charge is 0.275 e. The molecule has 0 heterocycles. The Morgan fingerprint density at radius 1 is 1.57 bits per heavy atom. The van der Waals surface area contributed by atoms with Gasteiger partial charge >= 0.3 is 0 Å². The van der Waals surface area contributed by atoms with Gasteiger partial charge in [0.2, 0.25) is 0 Å². The first-order chi connectivity index (χ1) is 6.61. The highest BCUT2D eigenvalue weighted by atomic mass is 19.1. The molecule has 1 rings (SSSR count). The Labute approximate surface area is 80.5 Å². The lowest BCUT2D eigenvalue weighted by Gasteiger charge is -2.05. The fraction of sp³-hybridized carbons (Fsp3) is 0.333. The van der Waals surface area contributed by atoms with Crippen LogP contribution in [0.2, 0.25) is 0 Å². The molecule has 0 aliphatic rings. The van der Waals surface area contributed by atoms with Crippen LogP contribution in [0.15, 0.2) is 12.1 Å². The van der Waals surface area contributed by atoms with Crippen molar-refractivity contribution in [1.82, 2.24) is 0 Å². The van der Waals surface area contributed by atoms with Crippen LogP contribution >= 0.6 is 0 Å². The average molecular weight is 199 g/mol. The number of nitrogens with zero attached hydrogens (tertiary/aromatic N) is 1. The van der Waals surface area contributed by atoms with Gasteiger partial charge in [0.25, 0.3) is 5.69 Å². The molecule has 0 bridgehead atoms. The molecule has 4 nitrogen and oxygen atoms in total. The van der Waals surface area contributed by atoms with Crippen molar-refractivity contribution in [3.63, 3.8) is 0 Å². The molecular weight excluding hydrogens is 189 g/mol. The standard InChI is InChI=1S/C9H10FNO3/c1-3-6-7(11(12)13)4-5-8(14-2)9(6)10/h4-5H,3H2,1-2H3. The molecule has 0 radical (unpaired) electrons. The van der Waals surface area contributed by atoms with Crippen LogP contribution in [-0.2, 0) is 6.42 Å². The first-order valence-electron chi connectivity index (χ1n) is 4.11. The van der Waals surface area contributed by atoms with Gasteiger partial charge in [-0.2, -0.15) is 0 Å². The predicted molar refractivity (Wildman–Crippen MR) is 49.0 cm³/mol. The number of methoxy groups -OCH3 is 1. The summed E-state index contributed by atoms with van der Waals surface area (Å²) < 4.78 is 18.2. The van der Waals surface area contributed by atoms with E-state index >= 15 is 0 Å². The molecule has 0 unspecified atom stereocenters. The second-order valence-corrected chi connectivity index (χ2v) is 2.69. The van der Waals surface area contributed by atoms with Crippen LogP contribution in [0.5, 0.6) is 5.75 Å². The average Bonchev–Trinajstić information content (AvgIpc) is 2.17. The Kier molecular flexibility index (Phi) is 3.01. The molecule has 0 N–H and O–H groups in total. The minimum absolute atomic E-state index is 0.0347. The predicted octanol–water partition coefficient (Wildman–Crippen LogP) is 2.30. The first kappa shape index (κ1) is 10.4. The van der Waals surface area contributed by atoms with Gasteiger partial charge in [-0.15, -0.1) is 0 Å². The van der Waals surface area contributed by atoms with Crippen molar-refractivity contribution in [2.24, 2.45) is 0 Å². The molecule has 0 aliphatic heterocycles. The van der Waals surface area contributed by atoms with E-state index in [-0.39, 0.29) is 23.4 Å². The summed E-state index contributed by atoms with van der Waals surface area (Å²) in [4.78, 5) is 9.93. The number of ether oxygens (including phenoxy) is 1. The van der Waals surface area contributed by atoms with Crippen LogP contribution in [0.4, 0.5) is 10.1 Å². The molecule has 0 fully saturated rings. The molecule has 0 saturated heterocycles. The van der Waals surface area contributed by atoms with Crippen molar-refractivity contribution in [3.05, 3.63) is 33.6 Å². The highest BCUT2D eigenvalue weighted by Gasteiger charge is 2.19. The Morgan fingerprint density at radius 2 is 2.21 bits per heavy atom. The van der Waals surface area contributed by atoms with Crippen LogP contribution in [0.3, 0.4) is 0 Å². The number of rotatable bonds is 3. The van der Waals surface area contributed by atoms with E-state index in [4.69, 9.17) is 4.74 Å². The number of hydrogen-bond acceptors (Lipinski definition) is 3. The number of benzene rings is 1. The van der Waals surface area contributed by atoms with Crippen molar-refractivity contribution < 1.29 is 14.1 Å². The van der Waals surface area contributed by atoms with E-state index in [1.807, 2.05) is 0 Å². The lowest BCUT2D eigenvalue weighted by molar-refractivity contribution is -0.385. The number of nitro groups is 1. The lowest BCUT2D eigenvalue weighted by atomic mass is 10.1. The second-order valence-electron chi connectivity index (χ2n) is 2.69. The Hall–Kier alpha value is -1.65. The summed E-state index contributed by atoms with van der Waals surface area (Å²) in [5.74, 6) is -0.614. The van der Waals surface area contributed by atoms with E-state index < -0.39 is 10.7 Å². The quantitative estimate of drug-likeness (QED) is 0.554. The van der Waals surface area contributed by atoms with E-state index in [2.05, 4.69) is 0 Å². The van der Waals surface area contributed by atoms with Crippen molar-refractivity contribution in [1.29, 1.82) is 0 Å². The summed E-state index contributed by atoms with van der Waals surface area (Å²) >= 11 is 0. The van der Waals surface area contributed by atoms with Gasteiger partial charge in [-0.25, -0.2) is 4.39 Å². The number of halogens is 1. The van der Waals surface area contributed by atoms with Gasteiger partial charge in [-0.3, -0.25) is 10.1 Å². The molecule has 14 heavy (non-hydrogen) atoms. The van der Waals surface area contributed by atoms with E-state index in [9.17, 15) is 14.5 Å². The molecule has 0 saturated carbocycles. The molecule has 76 valence electrons. The van der Waals surface area contributed by atoms with Crippen molar-refractivity contribution >= 4 is 5.69 Å².